The van der Waals surface area contributed by atoms with E-state index in [1.54, 1.807) is 19.1 Å². The summed E-state index contributed by atoms with van der Waals surface area (Å²) in [6.45, 7) is 2.77. The van der Waals surface area contributed by atoms with Crippen LogP contribution in [0.4, 0.5) is 5.82 Å². The van der Waals surface area contributed by atoms with Crippen molar-refractivity contribution in [2.75, 3.05) is 11.9 Å². The first-order valence-electron chi connectivity index (χ1n) is 6.30. The van der Waals surface area contributed by atoms with Gasteiger partial charge in [0, 0.05) is 17.8 Å². The summed E-state index contributed by atoms with van der Waals surface area (Å²) in [5.74, 6) is 0.345. The van der Waals surface area contributed by atoms with Crippen LogP contribution < -0.4 is 5.32 Å². The van der Waals surface area contributed by atoms with Crippen LogP contribution in [0.25, 0.3) is 0 Å². The number of benzene rings is 1. The molecule has 0 aliphatic carbocycles. The zero-order valence-corrected chi connectivity index (χ0v) is 11.9. The van der Waals surface area contributed by atoms with E-state index in [2.05, 4.69) is 10.3 Å². The Hall–Kier alpha value is -2.07. The second kappa shape index (κ2) is 6.91. The molecule has 1 heterocycles. The fourth-order valence-electron chi connectivity index (χ4n) is 1.63. The van der Waals surface area contributed by atoms with Crippen LogP contribution in [0.5, 0.6) is 0 Å². The second-order valence-electron chi connectivity index (χ2n) is 4.13. The van der Waals surface area contributed by atoms with Crippen LogP contribution in [-0.2, 0) is 11.3 Å². The minimum absolute atomic E-state index is 0.357. The van der Waals surface area contributed by atoms with Gasteiger partial charge in [0.25, 0.3) is 0 Å². The van der Waals surface area contributed by atoms with Gasteiger partial charge in [-0.2, -0.15) is 0 Å². The zero-order valence-electron chi connectivity index (χ0n) is 11.1. The van der Waals surface area contributed by atoms with Crippen LogP contribution in [0.3, 0.4) is 0 Å². The number of carbonyl (C=O) groups excluding carboxylic acids is 1. The first-order valence-corrected chi connectivity index (χ1v) is 6.68. The Bertz CT molecular complexity index is 567. The van der Waals surface area contributed by atoms with E-state index >= 15 is 0 Å². The molecule has 0 atom stereocenters. The highest BCUT2D eigenvalue weighted by atomic mass is 35.5. The molecule has 2 rings (SSSR count). The number of nitrogens with one attached hydrogen (secondary N) is 1. The maximum Gasteiger partial charge on any atom is 0.339 e. The van der Waals surface area contributed by atoms with E-state index < -0.39 is 0 Å². The normalized spacial score (nSPS) is 10.1. The van der Waals surface area contributed by atoms with Crippen LogP contribution in [-0.4, -0.2) is 17.6 Å². The van der Waals surface area contributed by atoms with Crippen molar-refractivity contribution in [3.05, 3.63) is 58.7 Å². The Morgan fingerprint density at radius 2 is 2.00 bits per heavy atom. The molecule has 0 bridgehead atoms. The zero-order chi connectivity index (χ0) is 14.4. The number of hydrogen-bond donors (Lipinski definition) is 1. The van der Waals surface area contributed by atoms with Gasteiger partial charge in [0.2, 0.25) is 0 Å². The van der Waals surface area contributed by atoms with Gasteiger partial charge < -0.3 is 10.1 Å². The summed E-state index contributed by atoms with van der Waals surface area (Å²) in [6.07, 6.45) is 1.50. The molecule has 104 valence electrons. The molecule has 1 aromatic carbocycles. The number of aromatic nitrogens is 1. The molecule has 20 heavy (non-hydrogen) atoms. The first kappa shape index (κ1) is 14.3. The minimum Gasteiger partial charge on any atom is -0.462 e. The molecule has 0 spiro atoms. The molecule has 0 saturated carbocycles. The molecule has 0 radical (unpaired) electrons. The number of ether oxygens (including phenoxy) is 1. The summed E-state index contributed by atoms with van der Waals surface area (Å²) in [4.78, 5) is 15.6. The van der Waals surface area contributed by atoms with E-state index in [1.807, 2.05) is 24.3 Å². The Morgan fingerprint density at radius 1 is 1.25 bits per heavy atom. The van der Waals surface area contributed by atoms with E-state index in [1.165, 1.54) is 6.20 Å². The molecule has 1 N–H and O–H groups in total. The highest BCUT2D eigenvalue weighted by Gasteiger charge is 2.06. The number of hydrogen-bond acceptors (Lipinski definition) is 4. The Labute approximate surface area is 122 Å². The lowest BCUT2D eigenvalue weighted by atomic mass is 10.2. The van der Waals surface area contributed by atoms with Crippen molar-refractivity contribution in [2.24, 2.45) is 0 Å². The fraction of sp³-hybridized carbons (Fsp3) is 0.200. The Kier molecular flexibility index (Phi) is 4.96. The van der Waals surface area contributed by atoms with Crippen molar-refractivity contribution in [3.8, 4) is 0 Å². The van der Waals surface area contributed by atoms with E-state index in [9.17, 15) is 4.79 Å². The predicted molar refractivity (Wildman–Crippen MR) is 79.0 cm³/mol. The van der Waals surface area contributed by atoms with Crippen molar-refractivity contribution in [1.29, 1.82) is 0 Å². The van der Waals surface area contributed by atoms with Crippen LogP contribution >= 0.6 is 11.6 Å². The molecule has 0 aliphatic rings. The largest absolute Gasteiger partial charge is 0.462 e. The van der Waals surface area contributed by atoms with Crippen molar-refractivity contribution < 1.29 is 9.53 Å². The Morgan fingerprint density at radius 3 is 2.60 bits per heavy atom. The molecule has 2 aromatic rings. The van der Waals surface area contributed by atoms with Crippen molar-refractivity contribution in [3.63, 3.8) is 0 Å². The summed E-state index contributed by atoms with van der Waals surface area (Å²) >= 11 is 5.83. The van der Waals surface area contributed by atoms with Crippen LogP contribution in [0.1, 0.15) is 22.8 Å². The number of nitrogens with zero attached hydrogens (tertiary/aromatic N) is 1. The van der Waals surface area contributed by atoms with Crippen molar-refractivity contribution in [2.45, 2.75) is 13.5 Å². The second-order valence-corrected chi connectivity index (χ2v) is 4.57. The van der Waals surface area contributed by atoms with Crippen LogP contribution in [0.2, 0.25) is 5.02 Å². The van der Waals surface area contributed by atoms with Gasteiger partial charge in [-0.1, -0.05) is 23.7 Å². The lowest BCUT2D eigenvalue weighted by Crippen LogP contribution is -2.06. The highest BCUT2D eigenvalue weighted by molar-refractivity contribution is 6.30. The topological polar surface area (TPSA) is 51.2 Å². The number of anilines is 1. The van der Waals surface area contributed by atoms with Crippen LogP contribution in [0, 0.1) is 0 Å². The summed E-state index contributed by atoms with van der Waals surface area (Å²) in [7, 11) is 0. The molecular formula is C15H15ClN2O2. The molecule has 4 nitrogen and oxygen atoms in total. The molecular weight excluding hydrogens is 276 g/mol. The predicted octanol–water partition coefficient (Wildman–Crippen LogP) is 3.52. The third-order valence-corrected chi connectivity index (χ3v) is 2.91. The van der Waals surface area contributed by atoms with Gasteiger partial charge in [-0.25, -0.2) is 9.78 Å². The van der Waals surface area contributed by atoms with E-state index in [0.29, 0.717) is 29.6 Å². The SMILES string of the molecule is CCOC(=O)c1ccc(NCc2ccc(Cl)cc2)nc1. The maximum atomic E-state index is 11.5. The molecule has 0 unspecified atom stereocenters. The van der Waals surface area contributed by atoms with Crippen molar-refractivity contribution >= 4 is 23.4 Å². The maximum absolute atomic E-state index is 11.5. The number of halogens is 1. The average molecular weight is 291 g/mol. The summed E-state index contributed by atoms with van der Waals surface area (Å²) in [5, 5.41) is 3.89. The van der Waals surface area contributed by atoms with Gasteiger partial charge in [0.15, 0.2) is 0 Å². The van der Waals surface area contributed by atoms with Gasteiger partial charge in [0.1, 0.15) is 5.82 Å². The summed E-state index contributed by atoms with van der Waals surface area (Å²) < 4.78 is 4.90. The molecule has 5 heteroatoms. The number of esters is 1. The third kappa shape index (κ3) is 3.96. The van der Waals surface area contributed by atoms with Crippen molar-refractivity contribution in [1.82, 2.24) is 4.98 Å². The smallest absolute Gasteiger partial charge is 0.339 e. The van der Waals surface area contributed by atoms with Gasteiger partial charge in [-0.3, -0.25) is 0 Å². The van der Waals surface area contributed by atoms with Crippen LogP contribution in [0.15, 0.2) is 42.6 Å². The Balaban J connectivity index is 1.93. The van der Waals surface area contributed by atoms with E-state index in [4.69, 9.17) is 16.3 Å². The summed E-state index contributed by atoms with van der Waals surface area (Å²) in [6, 6.07) is 11.0. The third-order valence-electron chi connectivity index (χ3n) is 2.66. The summed E-state index contributed by atoms with van der Waals surface area (Å²) in [5.41, 5.74) is 1.55. The molecule has 0 amide bonds. The number of carbonyl (C=O) groups is 1. The van der Waals surface area contributed by atoms with Gasteiger partial charge in [0.05, 0.1) is 12.2 Å². The molecule has 1 aromatic heterocycles. The minimum atomic E-state index is -0.357. The van der Waals surface area contributed by atoms with Gasteiger partial charge >= 0.3 is 5.97 Å². The lowest BCUT2D eigenvalue weighted by molar-refractivity contribution is 0.0526. The monoisotopic (exact) mass is 290 g/mol. The molecule has 0 fully saturated rings. The fourth-order valence-corrected chi connectivity index (χ4v) is 1.75. The van der Waals surface area contributed by atoms with E-state index in [0.717, 1.165) is 5.56 Å². The van der Waals surface area contributed by atoms with Gasteiger partial charge in [-0.15, -0.1) is 0 Å². The molecule has 0 aliphatic heterocycles. The first-order chi connectivity index (χ1) is 9.69. The number of rotatable bonds is 5. The highest BCUT2D eigenvalue weighted by Crippen LogP contribution is 2.12. The van der Waals surface area contributed by atoms with Gasteiger partial charge in [-0.05, 0) is 36.8 Å². The standard InChI is InChI=1S/C15H15ClN2O2/c1-2-20-15(19)12-5-8-14(18-10-12)17-9-11-3-6-13(16)7-4-11/h3-8,10H,2,9H2,1H3,(H,17,18). The number of pyridine rings is 1. The quantitative estimate of drug-likeness (QED) is 0.856. The lowest BCUT2D eigenvalue weighted by Gasteiger charge is -2.06. The average Bonchev–Trinajstić information content (AvgIpc) is 2.47. The molecule has 0 saturated heterocycles. The van der Waals surface area contributed by atoms with E-state index in [-0.39, 0.29) is 5.97 Å².